The van der Waals surface area contributed by atoms with Gasteiger partial charge >= 0.3 is 0 Å². The first-order chi connectivity index (χ1) is 12.2. The number of halogens is 1. The molecule has 1 heterocycles. The van der Waals surface area contributed by atoms with Crippen molar-refractivity contribution in [3.8, 4) is 0 Å². The van der Waals surface area contributed by atoms with E-state index in [1.54, 1.807) is 7.11 Å². The molecule has 0 saturated carbocycles. The summed E-state index contributed by atoms with van der Waals surface area (Å²) in [6, 6.07) is 15.7. The molecule has 0 unspecified atom stereocenters. The quantitative estimate of drug-likeness (QED) is 0.653. The van der Waals surface area contributed by atoms with E-state index in [0.717, 1.165) is 15.8 Å². The van der Waals surface area contributed by atoms with Crippen LogP contribution in [-0.2, 0) is 22.5 Å². The van der Waals surface area contributed by atoms with Crippen LogP contribution < -0.4 is 4.80 Å². The van der Waals surface area contributed by atoms with Crippen LogP contribution in [0.15, 0.2) is 53.5 Å². The van der Waals surface area contributed by atoms with E-state index in [1.807, 2.05) is 53.1 Å². The summed E-state index contributed by atoms with van der Waals surface area (Å²) < 4.78 is 8.21. The molecule has 6 heteroatoms. The summed E-state index contributed by atoms with van der Waals surface area (Å²) >= 11 is 7.56. The number of amides is 1. The van der Waals surface area contributed by atoms with Crippen molar-refractivity contribution in [1.29, 1.82) is 0 Å². The topological polar surface area (TPSA) is 43.6 Å². The van der Waals surface area contributed by atoms with Gasteiger partial charge in [-0.3, -0.25) is 4.79 Å². The van der Waals surface area contributed by atoms with Crippen LogP contribution in [0, 0.1) is 0 Å². The summed E-state index contributed by atoms with van der Waals surface area (Å²) in [7, 11) is 1.66. The van der Waals surface area contributed by atoms with E-state index in [9.17, 15) is 4.79 Å². The highest BCUT2D eigenvalue weighted by atomic mass is 35.5. The molecule has 130 valence electrons. The van der Waals surface area contributed by atoms with E-state index in [4.69, 9.17) is 16.3 Å². The minimum absolute atomic E-state index is 0.118. The van der Waals surface area contributed by atoms with Crippen LogP contribution in [0.1, 0.15) is 12.0 Å². The zero-order valence-corrected chi connectivity index (χ0v) is 15.5. The molecule has 0 atom stereocenters. The second-order valence-electron chi connectivity index (χ2n) is 5.63. The number of hydrogen-bond donors (Lipinski definition) is 0. The average Bonchev–Trinajstić information content (AvgIpc) is 2.95. The smallest absolute Gasteiger partial charge is 0.248 e. The van der Waals surface area contributed by atoms with Crippen LogP contribution in [0.4, 0.5) is 0 Å². The number of hydrogen-bond acceptors (Lipinski definition) is 3. The second-order valence-corrected chi connectivity index (χ2v) is 7.08. The highest BCUT2D eigenvalue weighted by Crippen LogP contribution is 2.22. The van der Waals surface area contributed by atoms with E-state index < -0.39 is 0 Å². The van der Waals surface area contributed by atoms with Crippen LogP contribution in [-0.4, -0.2) is 24.2 Å². The molecule has 2 aromatic carbocycles. The number of ether oxygens (including phenoxy) is 1. The number of carbonyl (C=O) groups is 1. The SMILES string of the molecule is COCCn1c(=NC(=O)CCc2ccccc2)sc2cc(Cl)ccc21. The van der Waals surface area contributed by atoms with Gasteiger partial charge in [0.15, 0.2) is 4.80 Å². The monoisotopic (exact) mass is 374 g/mol. The molecule has 0 N–H and O–H groups in total. The molecule has 0 aliphatic carbocycles. The van der Waals surface area contributed by atoms with E-state index in [0.29, 0.717) is 35.8 Å². The summed E-state index contributed by atoms with van der Waals surface area (Å²) in [5, 5.41) is 0.676. The number of aryl methyl sites for hydroxylation is 1. The molecule has 3 rings (SSSR count). The Balaban J connectivity index is 1.87. The van der Waals surface area contributed by atoms with Crippen LogP contribution in [0.5, 0.6) is 0 Å². The first-order valence-corrected chi connectivity index (χ1v) is 9.26. The molecule has 3 aromatic rings. The van der Waals surface area contributed by atoms with Gasteiger partial charge in [-0.25, -0.2) is 0 Å². The van der Waals surface area contributed by atoms with Crippen molar-refractivity contribution in [3.63, 3.8) is 0 Å². The van der Waals surface area contributed by atoms with Crippen molar-refractivity contribution in [1.82, 2.24) is 4.57 Å². The van der Waals surface area contributed by atoms with Gasteiger partial charge in [-0.15, -0.1) is 0 Å². The number of benzene rings is 2. The van der Waals surface area contributed by atoms with Gasteiger partial charge in [-0.2, -0.15) is 4.99 Å². The minimum atomic E-state index is -0.118. The molecule has 4 nitrogen and oxygen atoms in total. The lowest BCUT2D eigenvalue weighted by atomic mass is 10.1. The Bertz CT molecular complexity index is 931. The highest BCUT2D eigenvalue weighted by Gasteiger charge is 2.09. The van der Waals surface area contributed by atoms with Crippen molar-refractivity contribution in [2.45, 2.75) is 19.4 Å². The molecule has 0 radical (unpaired) electrons. The van der Waals surface area contributed by atoms with Crippen molar-refractivity contribution in [3.05, 3.63) is 63.9 Å². The lowest BCUT2D eigenvalue weighted by Crippen LogP contribution is -2.19. The Morgan fingerprint density at radius 1 is 1.24 bits per heavy atom. The lowest BCUT2D eigenvalue weighted by Gasteiger charge is -2.04. The second kappa shape index (κ2) is 8.43. The van der Waals surface area contributed by atoms with Gasteiger partial charge in [-0.1, -0.05) is 53.3 Å². The zero-order chi connectivity index (χ0) is 17.6. The third-order valence-corrected chi connectivity index (χ3v) is 5.13. The normalized spacial score (nSPS) is 12.0. The van der Waals surface area contributed by atoms with Gasteiger partial charge in [0.2, 0.25) is 5.91 Å². The van der Waals surface area contributed by atoms with Gasteiger partial charge < -0.3 is 9.30 Å². The van der Waals surface area contributed by atoms with E-state index in [1.165, 1.54) is 11.3 Å². The summed E-state index contributed by atoms with van der Waals surface area (Å²) in [5.74, 6) is -0.118. The molecule has 0 saturated heterocycles. The number of aromatic nitrogens is 1. The standard InChI is InChI=1S/C19H19ClN2O2S/c1-24-12-11-22-16-9-8-15(20)13-17(16)25-19(22)21-18(23)10-7-14-5-3-2-4-6-14/h2-6,8-9,13H,7,10-12H2,1H3. The third kappa shape index (κ3) is 4.57. The number of thiazole rings is 1. The Morgan fingerprint density at radius 3 is 2.80 bits per heavy atom. The maximum atomic E-state index is 12.3. The van der Waals surface area contributed by atoms with Gasteiger partial charge in [0, 0.05) is 25.1 Å². The average molecular weight is 375 g/mol. The third-order valence-electron chi connectivity index (χ3n) is 3.85. The first kappa shape index (κ1) is 17.9. The molecule has 0 aliphatic heterocycles. The molecule has 0 fully saturated rings. The van der Waals surface area contributed by atoms with E-state index in [-0.39, 0.29) is 5.91 Å². The lowest BCUT2D eigenvalue weighted by molar-refractivity contribution is -0.118. The number of fused-ring (bicyclic) bond motifs is 1. The highest BCUT2D eigenvalue weighted by molar-refractivity contribution is 7.16. The van der Waals surface area contributed by atoms with Gasteiger partial charge in [0.25, 0.3) is 0 Å². The van der Waals surface area contributed by atoms with Crippen LogP contribution >= 0.6 is 22.9 Å². The Hall–Kier alpha value is -1.95. The maximum absolute atomic E-state index is 12.3. The van der Waals surface area contributed by atoms with Gasteiger partial charge in [-0.05, 0) is 30.2 Å². The molecule has 0 aliphatic rings. The Kier molecular flexibility index (Phi) is 6.02. The molecule has 1 aromatic heterocycles. The molecule has 0 spiro atoms. The van der Waals surface area contributed by atoms with Crippen LogP contribution in [0.2, 0.25) is 5.02 Å². The van der Waals surface area contributed by atoms with Gasteiger partial charge in [0.05, 0.1) is 16.8 Å². The van der Waals surface area contributed by atoms with E-state index in [2.05, 4.69) is 4.99 Å². The minimum Gasteiger partial charge on any atom is -0.383 e. The summed E-state index contributed by atoms with van der Waals surface area (Å²) in [6.07, 6.45) is 1.08. The fourth-order valence-electron chi connectivity index (χ4n) is 2.59. The van der Waals surface area contributed by atoms with Crippen molar-refractivity contribution >= 4 is 39.1 Å². The molecule has 25 heavy (non-hydrogen) atoms. The Labute approximate surface area is 155 Å². The molecule has 0 bridgehead atoms. The summed E-state index contributed by atoms with van der Waals surface area (Å²) in [6.45, 7) is 1.20. The number of rotatable bonds is 6. The van der Waals surface area contributed by atoms with Gasteiger partial charge in [0.1, 0.15) is 0 Å². The number of carbonyl (C=O) groups excluding carboxylic acids is 1. The predicted molar refractivity (Wildman–Crippen MR) is 102 cm³/mol. The number of nitrogens with zero attached hydrogens (tertiary/aromatic N) is 2. The first-order valence-electron chi connectivity index (χ1n) is 8.06. The number of methoxy groups -OCH3 is 1. The van der Waals surface area contributed by atoms with Crippen molar-refractivity contribution in [2.75, 3.05) is 13.7 Å². The van der Waals surface area contributed by atoms with Crippen molar-refractivity contribution < 1.29 is 9.53 Å². The summed E-state index contributed by atoms with van der Waals surface area (Å²) in [5.41, 5.74) is 2.16. The van der Waals surface area contributed by atoms with Crippen molar-refractivity contribution in [2.24, 2.45) is 4.99 Å². The predicted octanol–water partition coefficient (Wildman–Crippen LogP) is 4.06. The molecule has 1 amide bonds. The molecular weight excluding hydrogens is 356 g/mol. The zero-order valence-electron chi connectivity index (χ0n) is 13.9. The van der Waals surface area contributed by atoms with Crippen LogP contribution in [0.3, 0.4) is 0 Å². The fourth-order valence-corrected chi connectivity index (χ4v) is 3.94. The fraction of sp³-hybridized carbons (Fsp3) is 0.263. The summed E-state index contributed by atoms with van der Waals surface area (Å²) in [4.78, 5) is 17.4. The van der Waals surface area contributed by atoms with E-state index >= 15 is 0 Å². The maximum Gasteiger partial charge on any atom is 0.248 e. The Morgan fingerprint density at radius 2 is 2.04 bits per heavy atom. The largest absolute Gasteiger partial charge is 0.383 e. The molecular formula is C19H19ClN2O2S. The van der Waals surface area contributed by atoms with Crippen LogP contribution in [0.25, 0.3) is 10.2 Å².